The molecule has 0 bridgehead atoms. The highest BCUT2D eigenvalue weighted by Gasteiger charge is 2.62. The number of hydrogen-bond donors (Lipinski definition) is 0. The molecule has 0 aliphatic carbocycles. The maximum atomic E-state index is 12.5. The van der Waals surface area contributed by atoms with Gasteiger partial charge >= 0.3 is 5.97 Å². The molecule has 1 saturated heterocycles. The first-order chi connectivity index (χ1) is 13.2. The maximum Gasteiger partial charge on any atom is 0.324 e. The van der Waals surface area contributed by atoms with E-state index in [1.165, 1.54) is 7.11 Å². The summed E-state index contributed by atoms with van der Waals surface area (Å²) in [7, 11) is 1.46. The average Bonchev–Trinajstić information content (AvgIpc) is 3.41. The van der Waals surface area contributed by atoms with Gasteiger partial charge in [-0.3, -0.25) is 9.69 Å². The highest BCUT2D eigenvalue weighted by Crippen LogP contribution is 2.51. The topological polar surface area (TPSA) is 29.3 Å². The summed E-state index contributed by atoms with van der Waals surface area (Å²) in [6.45, 7) is 2.09. The quantitative estimate of drug-likeness (QED) is 0.389. The van der Waals surface area contributed by atoms with Crippen molar-refractivity contribution in [1.29, 1.82) is 0 Å². The summed E-state index contributed by atoms with van der Waals surface area (Å²) < 4.78 is 5.10. The lowest BCUT2D eigenvalue weighted by atomic mass is 9.76. The predicted molar refractivity (Wildman–Crippen MR) is 106 cm³/mol. The number of esters is 1. The Morgan fingerprint density at radius 1 is 0.778 bits per heavy atom. The van der Waals surface area contributed by atoms with Crippen molar-refractivity contribution in [2.24, 2.45) is 0 Å². The molecule has 3 heteroatoms. The van der Waals surface area contributed by atoms with Gasteiger partial charge in [-0.05, 0) is 23.6 Å². The standard InChI is InChI=1S/C24H23NO2/c1-18-22(23(26)27-2)25(18)24(19-12-6-3-7-13-19,20-14-8-4-9-15-20)21-16-10-5-11-17-21/h3-18,22H,1-2H3/t18-,22?,25?/m0/s1. The summed E-state index contributed by atoms with van der Waals surface area (Å²) in [5.74, 6) is -0.185. The van der Waals surface area contributed by atoms with E-state index in [1.807, 2.05) is 18.2 Å². The summed E-state index contributed by atoms with van der Waals surface area (Å²) in [5, 5.41) is 0. The lowest BCUT2D eigenvalue weighted by Gasteiger charge is -2.38. The Labute approximate surface area is 160 Å². The lowest BCUT2D eigenvalue weighted by molar-refractivity contribution is -0.141. The number of methoxy groups -OCH3 is 1. The minimum atomic E-state index is -0.554. The van der Waals surface area contributed by atoms with Gasteiger partial charge in [-0.1, -0.05) is 91.0 Å². The zero-order valence-corrected chi connectivity index (χ0v) is 15.6. The molecule has 3 aromatic carbocycles. The van der Waals surface area contributed by atoms with Crippen LogP contribution < -0.4 is 0 Å². The van der Waals surface area contributed by atoms with Crippen LogP contribution in [-0.4, -0.2) is 30.1 Å². The first kappa shape index (κ1) is 17.5. The molecular weight excluding hydrogens is 334 g/mol. The molecule has 0 amide bonds. The maximum absolute atomic E-state index is 12.5. The second-order valence-corrected chi connectivity index (χ2v) is 6.92. The molecule has 0 N–H and O–H groups in total. The SMILES string of the molecule is COC(=O)C1[C@H](C)N1C(c1ccccc1)(c1ccccc1)c1ccccc1. The van der Waals surface area contributed by atoms with Gasteiger partial charge in [0.2, 0.25) is 0 Å². The van der Waals surface area contributed by atoms with E-state index in [-0.39, 0.29) is 18.1 Å². The van der Waals surface area contributed by atoms with E-state index < -0.39 is 5.54 Å². The second kappa shape index (κ2) is 7.01. The number of carbonyl (C=O) groups excluding carboxylic acids is 1. The van der Waals surface area contributed by atoms with Gasteiger partial charge in [-0.25, -0.2) is 0 Å². The van der Waals surface area contributed by atoms with Gasteiger partial charge in [0.15, 0.2) is 0 Å². The first-order valence-electron chi connectivity index (χ1n) is 9.24. The fourth-order valence-electron chi connectivity index (χ4n) is 4.28. The minimum absolute atomic E-state index is 0.0815. The van der Waals surface area contributed by atoms with E-state index in [1.54, 1.807) is 0 Å². The Bertz CT molecular complexity index is 812. The van der Waals surface area contributed by atoms with Gasteiger partial charge in [-0.15, -0.1) is 0 Å². The summed E-state index contributed by atoms with van der Waals surface area (Å²) in [4.78, 5) is 14.7. The largest absolute Gasteiger partial charge is 0.468 e. The Kier molecular flexibility index (Phi) is 4.54. The summed E-state index contributed by atoms with van der Waals surface area (Å²) in [6, 6.07) is 31.0. The predicted octanol–water partition coefficient (Wildman–Crippen LogP) is 4.22. The third-order valence-electron chi connectivity index (χ3n) is 5.51. The molecule has 4 rings (SSSR count). The van der Waals surface area contributed by atoms with Crippen molar-refractivity contribution >= 4 is 5.97 Å². The van der Waals surface area contributed by atoms with E-state index in [0.29, 0.717) is 0 Å². The first-order valence-corrected chi connectivity index (χ1v) is 9.24. The highest BCUT2D eigenvalue weighted by atomic mass is 16.5. The Morgan fingerprint density at radius 2 is 1.15 bits per heavy atom. The van der Waals surface area contributed by atoms with Gasteiger partial charge in [0, 0.05) is 6.04 Å². The molecule has 0 saturated carbocycles. The van der Waals surface area contributed by atoms with Crippen LogP contribution in [0.4, 0.5) is 0 Å². The van der Waals surface area contributed by atoms with Crippen molar-refractivity contribution in [2.45, 2.75) is 24.5 Å². The van der Waals surface area contributed by atoms with Crippen molar-refractivity contribution < 1.29 is 9.53 Å². The molecular formula is C24H23NO2. The third-order valence-corrected chi connectivity index (χ3v) is 5.51. The highest BCUT2D eigenvalue weighted by molar-refractivity contribution is 5.81. The minimum Gasteiger partial charge on any atom is -0.468 e. The van der Waals surface area contributed by atoms with Gasteiger partial charge in [0.1, 0.15) is 6.04 Å². The molecule has 136 valence electrons. The van der Waals surface area contributed by atoms with E-state index in [2.05, 4.69) is 84.6 Å². The smallest absolute Gasteiger partial charge is 0.324 e. The zero-order valence-electron chi connectivity index (χ0n) is 15.6. The molecule has 1 fully saturated rings. The zero-order chi connectivity index (χ0) is 18.9. The molecule has 3 atom stereocenters. The molecule has 0 radical (unpaired) electrons. The average molecular weight is 357 g/mol. The molecule has 3 nitrogen and oxygen atoms in total. The van der Waals surface area contributed by atoms with Crippen molar-refractivity contribution in [3.05, 3.63) is 108 Å². The molecule has 1 aliphatic heterocycles. The van der Waals surface area contributed by atoms with Crippen LogP contribution >= 0.6 is 0 Å². The molecule has 3 aromatic rings. The number of benzene rings is 3. The Hall–Kier alpha value is -2.91. The summed E-state index contributed by atoms with van der Waals surface area (Å²) in [6.07, 6.45) is 0. The number of nitrogens with zero attached hydrogens (tertiary/aromatic N) is 1. The van der Waals surface area contributed by atoms with Gasteiger partial charge < -0.3 is 4.74 Å². The number of carbonyl (C=O) groups is 1. The van der Waals surface area contributed by atoms with Gasteiger partial charge in [0.25, 0.3) is 0 Å². The van der Waals surface area contributed by atoms with E-state index in [0.717, 1.165) is 16.7 Å². The lowest BCUT2D eigenvalue weighted by Crippen LogP contribution is -2.40. The van der Waals surface area contributed by atoms with Crippen LogP contribution in [0, 0.1) is 0 Å². The van der Waals surface area contributed by atoms with Crippen LogP contribution in [0.3, 0.4) is 0 Å². The van der Waals surface area contributed by atoms with E-state index in [9.17, 15) is 4.79 Å². The normalized spacial score (nSPS) is 21.5. The van der Waals surface area contributed by atoms with Crippen molar-refractivity contribution in [3.8, 4) is 0 Å². The van der Waals surface area contributed by atoms with Gasteiger partial charge in [-0.2, -0.15) is 0 Å². The fourth-order valence-corrected chi connectivity index (χ4v) is 4.28. The Morgan fingerprint density at radius 3 is 1.48 bits per heavy atom. The molecule has 1 aliphatic rings. The van der Waals surface area contributed by atoms with E-state index in [4.69, 9.17) is 4.74 Å². The molecule has 2 unspecified atom stereocenters. The number of rotatable bonds is 5. The van der Waals surface area contributed by atoms with Gasteiger partial charge in [0.05, 0.1) is 12.6 Å². The third kappa shape index (κ3) is 2.75. The van der Waals surface area contributed by atoms with Crippen LogP contribution in [0.2, 0.25) is 0 Å². The Balaban J connectivity index is 2.01. The van der Waals surface area contributed by atoms with E-state index >= 15 is 0 Å². The fraction of sp³-hybridized carbons (Fsp3) is 0.208. The van der Waals surface area contributed by atoms with Crippen LogP contribution in [0.1, 0.15) is 23.6 Å². The van der Waals surface area contributed by atoms with Crippen molar-refractivity contribution in [1.82, 2.24) is 4.90 Å². The monoisotopic (exact) mass is 357 g/mol. The summed E-state index contributed by atoms with van der Waals surface area (Å²) >= 11 is 0. The van der Waals surface area contributed by atoms with Crippen LogP contribution in [-0.2, 0) is 15.1 Å². The van der Waals surface area contributed by atoms with Crippen molar-refractivity contribution in [3.63, 3.8) is 0 Å². The van der Waals surface area contributed by atoms with Crippen molar-refractivity contribution in [2.75, 3.05) is 7.11 Å². The molecule has 0 spiro atoms. The summed E-state index contributed by atoms with van der Waals surface area (Å²) in [5.41, 5.74) is 2.86. The van der Waals surface area contributed by atoms with Crippen LogP contribution in [0.15, 0.2) is 91.0 Å². The molecule has 0 aromatic heterocycles. The number of hydrogen-bond acceptors (Lipinski definition) is 3. The van der Waals surface area contributed by atoms with Crippen LogP contribution in [0.5, 0.6) is 0 Å². The molecule has 1 heterocycles. The second-order valence-electron chi connectivity index (χ2n) is 6.92. The van der Waals surface area contributed by atoms with Crippen LogP contribution in [0.25, 0.3) is 0 Å². The molecule has 27 heavy (non-hydrogen) atoms. The number of ether oxygens (including phenoxy) is 1.